The van der Waals surface area contributed by atoms with Gasteiger partial charge in [0.15, 0.2) is 5.11 Å². The molecule has 1 fully saturated rings. The van der Waals surface area contributed by atoms with Crippen molar-refractivity contribution >= 4 is 57.9 Å². The van der Waals surface area contributed by atoms with Crippen molar-refractivity contribution in [2.24, 2.45) is 0 Å². The fourth-order valence-electron chi connectivity index (χ4n) is 2.26. The van der Waals surface area contributed by atoms with E-state index in [-0.39, 0.29) is 5.91 Å². The van der Waals surface area contributed by atoms with Crippen LogP contribution < -0.4 is 15.0 Å². The summed E-state index contributed by atoms with van der Waals surface area (Å²) in [6.07, 6.45) is 1.81. The molecule has 1 amide bonds. The van der Waals surface area contributed by atoms with Gasteiger partial charge in [-0.1, -0.05) is 11.6 Å². The van der Waals surface area contributed by atoms with E-state index >= 15 is 0 Å². The molecule has 0 atom stereocenters. The van der Waals surface area contributed by atoms with Gasteiger partial charge in [0.2, 0.25) is 0 Å². The van der Waals surface area contributed by atoms with Crippen LogP contribution in [-0.4, -0.2) is 18.1 Å². The highest BCUT2D eigenvalue weighted by Crippen LogP contribution is 2.34. The molecule has 4 nitrogen and oxygen atoms in total. The van der Waals surface area contributed by atoms with E-state index in [0.29, 0.717) is 27.3 Å². The number of nitrogens with zero attached hydrogens (tertiary/aromatic N) is 1. The predicted octanol–water partition coefficient (Wildman–Crippen LogP) is 3.98. The van der Waals surface area contributed by atoms with Crippen molar-refractivity contribution in [1.82, 2.24) is 5.32 Å². The Morgan fingerprint density at radius 1 is 1.39 bits per heavy atom. The van der Waals surface area contributed by atoms with Crippen molar-refractivity contribution < 1.29 is 9.53 Å². The first-order chi connectivity index (χ1) is 11.0. The highest BCUT2D eigenvalue weighted by atomic mass is 35.5. The van der Waals surface area contributed by atoms with Crippen molar-refractivity contribution in [2.45, 2.75) is 6.92 Å². The lowest BCUT2D eigenvalue weighted by Gasteiger charge is -2.17. The Bertz CT molecular complexity index is 829. The summed E-state index contributed by atoms with van der Waals surface area (Å²) in [7, 11) is 1.54. The molecule has 23 heavy (non-hydrogen) atoms. The number of carbonyl (C=O) groups is 1. The number of carbonyl (C=O) groups excluding carboxylic acids is 1. The Hall–Kier alpha value is -1.89. The number of anilines is 1. The van der Waals surface area contributed by atoms with Gasteiger partial charge in [-0.2, -0.15) is 0 Å². The quantitative estimate of drug-likeness (QED) is 0.660. The van der Waals surface area contributed by atoms with Crippen LogP contribution in [0.1, 0.15) is 10.4 Å². The minimum atomic E-state index is -0.233. The van der Waals surface area contributed by atoms with Gasteiger partial charge in [0.05, 0.1) is 12.8 Å². The third-order valence-corrected chi connectivity index (χ3v) is 4.92. The summed E-state index contributed by atoms with van der Waals surface area (Å²) in [5, 5.41) is 5.75. The minimum absolute atomic E-state index is 0.233. The topological polar surface area (TPSA) is 41.6 Å². The Morgan fingerprint density at radius 2 is 2.17 bits per heavy atom. The normalized spacial score (nSPS) is 16.1. The molecule has 1 aromatic heterocycles. The van der Waals surface area contributed by atoms with E-state index in [1.807, 2.05) is 24.4 Å². The van der Waals surface area contributed by atoms with Crippen LogP contribution in [0, 0.1) is 6.92 Å². The van der Waals surface area contributed by atoms with E-state index in [9.17, 15) is 4.79 Å². The van der Waals surface area contributed by atoms with Gasteiger partial charge in [-0.05, 0) is 60.4 Å². The van der Waals surface area contributed by atoms with E-state index < -0.39 is 0 Å². The van der Waals surface area contributed by atoms with Gasteiger partial charge in [0.1, 0.15) is 11.4 Å². The van der Waals surface area contributed by atoms with Gasteiger partial charge in [-0.3, -0.25) is 4.79 Å². The number of nitrogens with one attached hydrogen (secondary N) is 1. The summed E-state index contributed by atoms with van der Waals surface area (Å²) in [6.45, 7) is 2.00. The van der Waals surface area contributed by atoms with Crippen LogP contribution in [0.4, 0.5) is 5.69 Å². The second-order valence-electron chi connectivity index (χ2n) is 4.91. The number of methoxy groups -OCH3 is 1. The zero-order chi connectivity index (χ0) is 16.6. The van der Waals surface area contributed by atoms with Crippen LogP contribution >= 0.6 is 35.2 Å². The number of rotatable bonds is 3. The molecular formula is C16H13ClN2O2S2. The average molecular weight is 365 g/mol. The Kier molecular flexibility index (Phi) is 4.39. The third kappa shape index (κ3) is 2.97. The third-order valence-electron chi connectivity index (χ3n) is 3.44. The smallest absolute Gasteiger partial charge is 0.281 e. The van der Waals surface area contributed by atoms with Crippen molar-refractivity contribution in [3.8, 4) is 5.75 Å². The second-order valence-corrected chi connectivity index (χ2v) is 6.68. The SMILES string of the molecule is COc1ccc(Cl)cc1N1C(=O)/C(=C\c2sccc2C)NC1=S. The van der Waals surface area contributed by atoms with Crippen LogP contribution in [0.15, 0.2) is 35.3 Å². The lowest BCUT2D eigenvalue weighted by molar-refractivity contribution is -0.113. The van der Waals surface area contributed by atoms with Crippen molar-refractivity contribution in [3.63, 3.8) is 0 Å². The molecular weight excluding hydrogens is 352 g/mol. The van der Waals surface area contributed by atoms with Crippen molar-refractivity contribution in [3.05, 3.63) is 50.8 Å². The molecule has 0 spiro atoms. The number of thiophene rings is 1. The molecule has 0 unspecified atom stereocenters. The summed E-state index contributed by atoms with van der Waals surface area (Å²) in [4.78, 5) is 15.2. The van der Waals surface area contributed by atoms with E-state index in [1.165, 1.54) is 12.0 Å². The Morgan fingerprint density at radius 3 is 2.83 bits per heavy atom. The van der Waals surface area contributed by atoms with Gasteiger partial charge < -0.3 is 10.1 Å². The molecule has 7 heteroatoms. The Balaban J connectivity index is 2.01. The maximum Gasteiger partial charge on any atom is 0.281 e. The van der Waals surface area contributed by atoms with Gasteiger partial charge in [-0.15, -0.1) is 11.3 Å². The minimum Gasteiger partial charge on any atom is -0.495 e. The molecule has 1 aromatic carbocycles. The zero-order valence-corrected chi connectivity index (χ0v) is 14.8. The molecule has 1 saturated heterocycles. The lowest BCUT2D eigenvalue weighted by Crippen LogP contribution is -2.30. The van der Waals surface area contributed by atoms with E-state index in [2.05, 4.69) is 5.32 Å². The van der Waals surface area contributed by atoms with Crippen molar-refractivity contribution in [2.75, 3.05) is 12.0 Å². The largest absolute Gasteiger partial charge is 0.495 e. The molecule has 0 bridgehead atoms. The molecule has 1 aliphatic rings. The molecule has 0 saturated carbocycles. The monoisotopic (exact) mass is 364 g/mol. The number of halogens is 1. The number of amides is 1. The number of aryl methyl sites for hydroxylation is 1. The summed E-state index contributed by atoms with van der Waals surface area (Å²) in [5.74, 6) is 0.295. The molecule has 2 heterocycles. The lowest BCUT2D eigenvalue weighted by atomic mass is 10.2. The highest BCUT2D eigenvalue weighted by molar-refractivity contribution is 7.80. The maximum atomic E-state index is 12.7. The first kappa shape index (κ1) is 16.0. The highest BCUT2D eigenvalue weighted by Gasteiger charge is 2.34. The van der Waals surface area contributed by atoms with Gasteiger partial charge in [-0.25, -0.2) is 4.90 Å². The molecule has 1 aliphatic heterocycles. The fourth-order valence-corrected chi connectivity index (χ4v) is 3.57. The number of ether oxygens (including phenoxy) is 1. The molecule has 1 N–H and O–H groups in total. The standard InChI is InChI=1S/C16H13ClN2O2S2/c1-9-5-6-23-14(9)8-11-15(20)19(16(22)18-11)12-7-10(17)3-4-13(12)21-2/h3-8H,1-2H3,(H,18,22)/b11-8+. The van der Waals surface area contributed by atoms with Crippen molar-refractivity contribution in [1.29, 1.82) is 0 Å². The van der Waals surface area contributed by atoms with Crippen LogP contribution in [0.25, 0.3) is 6.08 Å². The molecule has 118 valence electrons. The van der Waals surface area contributed by atoms with Gasteiger partial charge in [0, 0.05) is 9.90 Å². The maximum absolute atomic E-state index is 12.7. The summed E-state index contributed by atoms with van der Waals surface area (Å²) >= 11 is 12.9. The van der Waals surface area contributed by atoms with E-state index in [1.54, 1.807) is 29.5 Å². The second kappa shape index (κ2) is 6.31. The molecule has 0 radical (unpaired) electrons. The number of benzene rings is 1. The van der Waals surface area contributed by atoms with Crippen LogP contribution in [-0.2, 0) is 4.79 Å². The predicted molar refractivity (Wildman–Crippen MR) is 98.3 cm³/mol. The first-order valence-electron chi connectivity index (χ1n) is 6.76. The number of hydrogen-bond donors (Lipinski definition) is 1. The van der Waals surface area contributed by atoms with Gasteiger partial charge in [0.25, 0.3) is 5.91 Å². The summed E-state index contributed by atoms with van der Waals surface area (Å²) < 4.78 is 5.31. The summed E-state index contributed by atoms with van der Waals surface area (Å²) in [5.41, 5.74) is 2.07. The fraction of sp³-hybridized carbons (Fsp3) is 0.125. The molecule has 2 aromatic rings. The molecule has 0 aliphatic carbocycles. The zero-order valence-electron chi connectivity index (χ0n) is 12.4. The molecule has 3 rings (SSSR count). The first-order valence-corrected chi connectivity index (χ1v) is 8.42. The summed E-state index contributed by atoms with van der Waals surface area (Å²) in [6, 6.07) is 7.07. The van der Waals surface area contributed by atoms with Crippen LogP contribution in [0.3, 0.4) is 0 Å². The van der Waals surface area contributed by atoms with E-state index in [0.717, 1.165) is 10.4 Å². The van der Waals surface area contributed by atoms with Gasteiger partial charge >= 0.3 is 0 Å². The average Bonchev–Trinajstić information content (AvgIpc) is 3.03. The Labute approximate surface area is 148 Å². The van der Waals surface area contributed by atoms with E-state index in [4.69, 9.17) is 28.6 Å². The number of thiocarbonyl (C=S) groups is 1. The van der Waals surface area contributed by atoms with Crippen LogP contribution in [0.2, 0.25) is 5.02 Å². The number of hydrogen-bond acceptors (Lipinski definition) is 4. The van der Waals surface area contributed by atoms with Crippen LogP contribution in [0.5, 0.6) is 5.75 Å².